The Labute approximate surface area is 83.7 Å². The molecule has 2 rings (SSSR count). The summed E-state index contributed by atoms with van der Waals surface area (Å²) in [5.41, 5.74) is 1.48. The Balaban J connectivity index is 2.55. The second-order valence-electron chi connectivity index (χ2n) is 4.09. The minimum absolute atomic E-state index is 0.0405. The molecular weight excluding hydrogens is 176 g/mol. The molecule has 0 spiro atoms. The fourth-order valence-corrected chi connectivity index (χ4v) is 1.60. The third-order valence-corrected chi connectivity index (χ3v) is 2.91. The number of para-hydroxylation sites is 2. The van der Waals surface area contributed by atoms with Crippen molar-refractivity contribution in [2.24, 2.45) is 0 Å². The molecule has 0 aromatic heterocycles. The number of benzene rings is 1. The van der Waals surface area contributed by atoms with Crippen molar-refractivity contribution in [3.05, 3.63) is 24.3 Å². The molecule has 0 saturated carbocycles. The summed E-state index contributed by atoms with van der Waals surface area (Å²) in [5.74, 6) is 0.0405. The van der Waals surface area contributed by atoms with Crippen LogP contribution in [0.5, 0.6) is 0 Å². The third kappa shape index (κ3) is 1.09. The molecule has 1 aromatic carbocycles. The first kappa shape index (κ1) is 9.06. The van der Waals surface area contributed by atoms with Crippen LogP contribution >= 0.6 is 0 Å². The number of hydrogen-bond acceptors (Lipinski definition) is 2. The van der Waals surface area contributed by atoms with Crippen LogP contribution in [0.2, 0.25) is 0 Å². The third-order valence-electron chi connectivity index (χ3n) is 2.91. The Morgan fingerprint density at radius 3 is 2.64 bits per heavy atom. The van der Waals surface area contributed by atoms with Crippen molar-refractivity contribution < 1.29 is 4.79 Å². The highest BCUT2D eigenvalue weighted by atomic mass is 16.2. The molecule has 0 aliphatic carbocycles. The van der Waals surface area contributed by atoms with E-state index in [1.165, 1.54) is 0 Å². The van der Waals surface area contributed by atoms with E-state index in [0.717, 1.165) is 11.4 Å². The average molecular weight is 190 g/mol. The van der Waals surface area contributed by atoms with Gasteiger partial charge in [0.15, 0.2) is 0 Å². The second kappa shape index (κ2) is 2.74. The number of carbonyl (C=O) groups is 1. The molecule has 0 saturated heterocycles. The number of nitrogens with one attached hydrogen (secondary N) is 1. The second-order valence-corrected chi connectivity index (χ2v) is 4.09. The maximum absolute atomic E-state index is 11.7. The molecule has 0 atom stereocenters. The van der Waals surface area contributed by atoms with Crippen LogP contribution in [0.4, 0.5) is 11.4 Å². The number of anilines is 2. The van der Waals surface area contributed by atoms with Crippen molar-refractivity contribution in [3.8, 4) is 0 Å². The van der Waals surface area contributed by atoms with E-state index in [9.17, 15) is 4.79 Å². The summed E-state index contributed by atoms with van der Waals surface area (Å²) in [6.07, 6.45) is 0. The van der Waals surface area contributed by atoms with Crippen molar-refractivity contribution in [1.29, 1.82) is 0 Å². The van der Waals surface area contributed by atoms with Gasteiger partial charge in [0.1, 0.15) is 5.54 Å². The van der Waals surface area contributed by atoms with Gasteiger partial charge in [-0.15, -0.1) is 0 Å². The molecule has 3 nitrogen and oxygen atoms in total. The number of hydrogen-bond donors (Lipinski definition) is 1. The highest BCUT2D eigenvalue weighted by Crippen LogP contribution is 2.34. The molecule has 0 fully saturated rings. The summed E-state index contributed by atoms with van der Waals surface area (Å²) in [6, 6.07) is 7.82. The SMILES string of the molecule is CN1c2ccccc2NC(=O)C1(C)C. The van der Waals surface area contributed by atoms with E-state index in [4.69, 9.17) is 0 Å². The molecule has 0 unspecified atom stereocenters. The molecule has 1 aliphatic heterocycles. The largest absolute Gasteiger partial charge is 0.359 e. The van der Waals surface area contributed by atoms with Gasteiger partial charge in [-0.05, 0) is 26.0 Å². The predicted molar refractivity (Wildman–Crippen MR) is 57.6 cm³/mol. The summed E-state index contributed by atoms with van der Waals surface area (Å²) < 4.78 is 0. The Hall–Kier alpha value is -1.51. The molecule has 74 valence electrons. The van der Waals surface area contributed by atoms with Crippen molar-refractivity contribution in [2.45, 2.75) is 19.4 Å². The molecule has 1 N–H and O–H groups in total. The summed E-state index contributed by atoms with van der Waals surface area (Å²) in [5, 5.41) is 2.90. The van der Waals surface area contributed by atoms with Gasteiger partial charge in [0, 0.05) is 7.05 Å². The molecule has 0 bridgehead atoms. The smallest absolute Gasteiger partial charge is 0.249 e. The standard InChI is InChI=1S/C11H14N2O/c1-11(2)10(14)12-8-6-4-5-7-9(8)13(11)3/h4-7H,1-3H3,(H,12,14). The minimum Gasteiger partial charge on any atom is -0.359 e. The number of fused-ring (bicyclic) bond motifs is 1. The van der Waals surface area contributed by atoms with Crippen LogP contribution in [0.3, 0.4) is 0 Å². The van der Waals surface area contributed by atoms with Gasteiger partial charge in [0.05, 0.1) is 11.4 Å². The number of nitrogens with zero attached hydrogens (tertiary/aromatic N) is 1. The van der Waals surface area contributed by atoms with Crippen LogP contribution in [0, 0.1) is 0 Å². The number of likely N-dealkylation sites (N-methyl/N-ethyl adjacent to an activating group) is 1. The zero-order valence-corrected chi connectivity index (χ0v) is 8.66. The van der Waals surface area contributed by atoms with Gasteiger partial charge in [0.25, 0.3) is 0 Å². The van der Waals surface area contributed by atoms with E-state index in [2.05, 4.69) is 5.32 Å². The predicted octanol–water partition coefficient (Wildman–Crippen LogP) is 1.85. The van der Waals surface area contributed by atoms with Crippen LogP contribution in [-0.4, -0.2) is 18.5 Å². The fraction of sp³-hybridized carbons (Fsp3) is 0.364. The monoisotopic (exact) mass is 190 g/mol. The summed E-state index contributed by atoms with van der Waals surface area (Å²) in [4.78, 5) is 13.7. The first-order valence-corrected chi connectivity index (χ1v) is 4.68. The van der Waals surface area contributed by atoms with E-state index in [-0.39, 0.29) is 5.91 Å². The van der Waals surface area contributed by atoms with Gasteiger partial charge in [0.2, 0.25) is 5.91 Å². The summed E-state index contributed by atoms with van der Waals surface area (Å²) >= 11 is 0. The van der Waals surface area contributed by atoms with Crippen LogP contribution in [0.15, 0.2) is 24.3 Å². The first-order valence-electron chi connectivity index (χ1n) is 4.68. The maximum Gasteiger partial charge on any atom is 0.249 e. The highest BCUT2D eigenvalue weighted by Gasteiger charge is 2.37. The van der Waals surface area contributed by atoms with Crippen LogP contribution < -0.4 is 10.2 Å². The van der Waals surface area contributed by atoms with Crippen molar-refractivity contribution in [2.75, 3.05) is 17.3 Å². The van der Waals surface area contributed by atoms with Gasteiger partial charge >= 0.3 is 0 Å². The fourth-order valence-electron chi connectivity index (χ4n) is 1.60. The van der Waals surface area contributed by atoms with Crippen LogP contribution in [-0.2, 0) is 4.79 Å². The Kier molecular flexibility index (Phi) is 1.77. The molecule has 3 heteroatoms. The van der Waals surface area contributed by atoms with Crippen molar-refractivity contribution >= 4 is 17.3 Å². The van der Waals surface area contributed by atoms with Crippen molar-refractivity contribution in [1.82, 2.24) is 0 Å². The summed E-state index contributed by atoms with van der Waals surface area (Å²) in [6.45, 7) is 3.83. The lowest BCUT2D eigenvalue weighted by Crippen LogP contribution is -2.54. The molecule has 1 amide bonds. The van der Waals surface area contributed by atoms with Gasteiger partial charge in [-0.2, -0.15) is 0 Å². The molecule has 1 aliphatic rings. The number of rotatable bonds is 0. The van der Waals surface area contributed by atoms with E-state index in [1.807, 2.05) is 50.1 Å². The van der Waals surface area contributed by atoms with Gasteiger partial charge in [-0.1, -0.05) is 12.1 Å². The van der Waals surface area contributed by atoms with E-state index < -0.39 is 5.54 Å². The lowest BCUT2D eigenvalue weighted by Gasteiger charge is -2.41. The van der Waals surface area contributed by atoms with Crippen LogP contribution in [0.25, 0.3) is 0 Å². The lowest BCUT2D eigenvalue weighted by atomic mass is 9.97. The topological polar surface area (TPSA) is 32.3 Å². The molecule has 1 heterocycles. The normalized spacial score (nSPS) is 18.8. The Morgan fingerprint density at radius 2 is 1.93 bits per heavy atom. The minimum atomic E-state index is -0.478. The Morgan fingerprint density at radius 1 is 1.29 bits per heavy atom. The Bertz CT molecular complexity index is 385. The lowest BCUT2D eigenvalue weighted by molar-refractivity contribution is -0.120. The highest BCUT2D eigenvalue weighted by molar-refractivity contribution is 6.05. The molecule has 14 heavy (non-hydrogen) atoms. The quantitative estimate of drug-likeness (QED) is 0.677. The van der Waals surface area contributed by atoms with Gasteiger partial charge in [-0.25, -0.2) is 0 Å². The van der Waals surface area contributed by atoms with Crippen LogP contribution in [0.1, 0.15) is 13.8 Å². The molecule has 1 aromatic rings. The van der Waals surface area contributed by atoms with Gasteiger partial charge < -0.3 is 10.2 Å². The first-order chi connectivity index (χ1) is 6.53. The maximum atomic E-state index is 11.7. The zero-order valence-electron chi connectivity index (χ0n) is 8.66. The van der Waals surface area contributed by atoms with E-state index >= 15 is 0 Å². The van der Waals surface area contributed by atoms with E-state index in [0.29, 0.717) is 0 Å². The average Bonchev–Trinajstić information content (AvgIpc) is 2.15. The number of amides is 1. The van der Waals surface area contributed by atoms with Gasteiger partial charge in [-0.3, -0.25) is 4.79 Å². The summed E-state index contributed by atoms with van der Waals surface area (Å²) in [7, 11) is 1.94. The molecular formula is C11H14N2O. The molecule has 0 radical (unpaired) electrons. The van der Waals surface area contributed by atoms with Crippen molar-refractivity contribution in [3.63, 3.8) is 0 Å². The van der Waals surface area contributed by atoms with E-state index in [1.54, 1.807) is 0 Å². The number of carbonyl (C=O) groups excluding carboxylic acids is 1. The zero-order chi connectivity index (χ0) is 10.3.